The van der Waals surface area contributed by atoms with Crippen molar-refractivity contribution in [2.75, 3.05) is 40.1 Å². The minimum absolute atomic E-state index is 0.203. The van der Waals surface area contributed by atoms with Gasteiger partial charge in [-0.15, -0.1) is 0 Å². The zero-order chi connectivity index (χ0) is 19.8. The van der Waals surface area contributed by atoms with Crippen molar-refractivity contribution in [2.45, 2.75) is 18.5 Å². The number of piperazine rings is 1. The fraction of sp³-hybridized carbons (Fsp3) is 0.409. The lowest BCUT2D eigenvalue weighted by atomic mass is 9.88. The van der Waals surface area contributed by atoms with E-state index < -0.39 is 0 Å². The third kappa shape index (κ3) is 3.25. The Hall–Kier alpha value is -2.93. The summed E-state index contributed by atoms with van der Waals surface area (Å²) in [6, 6.07) is 14.3. The molecule has 0 spiro atoms. The quantitative estimate of drug-likeness (QED) is 0.775. The van der Waals surface area contributed by atoms with Gasteiger partial charge in [0.2, 0.25) is 12.5 Å². The zero-order valence-electron chi connectivity index (χ0n) is 16.4. The van der Waals surface area contributed by atoms with Crippen LogP contribution in [0.15, 0.2) is 42.5 Å². The molecule has 2 fully saturated rings. The van der Waals surface area contributed by atoms with Crippen LogP contribution in [0.4, 0.5) is 4.79 Å². The Morgan fingerprint density at radius 1 is 1.07 bits per heavy atom. The molecule has 0 saturated carbocycles. The van der Waals surface area contributed by atoms with E-state index >= 15 is 0 Å². The van der Waals surface area contributed by atoms with Crippen molar-refractivity contribution in [1.82, 2.24) is 9.80 Å². The maximum Gasteiger partial charge on any atom is 0.410 e. The molecule has 3 aliphatic rings. The van der Waals surface area contributed by atoms with E-state index in [2.05, 4.69) is 17.0 Å². The van der Waals surface area contributed by atoms with Crippen molar-refractivity contribution in [3.63, 3.8) is 0 Å². The molecule has 7 nitrogen and oxygen atoms in total. The summed E-state index contributed by atoms with van der Waals surface area (Å²) in [6.07, 6.45) is 0.575. The molecule has 0 N–H and O–H groups in total. The van der Waals surface area contributed by atoms with Gasteiger partial charge in [-0.25, -0.2) is 4.79 Å². The van der Waals surface area contributed by atoms with E-state index in [-0.39, 0.29) is 18.4 Å². The topological polar surface area (TPSA) is 60.5 Å². The minimum Gasteiger partial charge on any atom is -0.493 e. The first-order valence-electron chi connectivity index (χ1n) is 9.84. The van der Waals surface area contributed by atoms with Crippen LogP contribution in [0, 0.1) is 0 Å². The summed E-state index contributed by atoms with van der Waals surface area (Å²) in [7, 11) is 1.64. The van der Waals surface area contributed by atoms with Crippen molar-refractivity contribution >= 4 is 6.09 Å². The Morgan fingerprint density at radius 2 is 1.93 bits per heavy atom. The van der Waals surface area contributed by atoms with Crippen LogP contribution in [0.1, 0.15) is 11.1 Å². The van der Waals surface area contributed by atoms with Crippen molar-refractivity contribution < 1.29 is 23.7 Å². The van der Waals surface area contributed by atoms with Crippen LogP contribution in [0.2, 0.25) is 0 Å². The van der Waals surface area contributed by atoms with Crippen LogP contribution in [0.3, 0.4) is 0 Å². The maximum atomic E-state index is 12.3. The number of fused-ring (bicyclic) bond motifs is 2. The van der Waals surface area contributed by atoms with Gasteiger partial charge in [0, 0.05) is 32.6 Å². The Morgan fingerprint density at radius 3 is 2.76 bits per heavy atom. The normalized spacial score (nSPS) is 23.1. The molecule has 2 saturated heterocycles. The van der Waals surface area contributed by atoms with Gasteiger partial charge < -0.3 is 18.9 Å². The summed E-state index contributed by atoms with van der Waals surface area (Å²) < 4.78 is 22.0. The number of ether oxygens (including phenoxy) is 4. The molecule has 2 aromatic carbocycles. The smallest absolute Gasteiger partial charge is 0.410 e. The van der Waals surface area contributed by atoms with Crippen LogP contribution in [-0.2, 0) is 17.7 Å². The molecule has 0 aromatic heterocycles. The van der Waals surface area contributed by atoms with Crippen LogP contribution < -0.4 is 14.2 Å². The summed E-state index contributed by atoms with van der Waals surface area (Å²) in [5.41, 5.74) is 1.97. The summed E-state index contributed by atoms with van der Waals surface area (Å²) in [5.74, 6) is 2.07. The largest absolute Gasteiger partial charge is 0.493 e. The summed E-state index contributed by atoms with van der Waals surface area (Å²) >= 11 is 0. The predicted molar refractivity (Wildman–Crippen MR) is 105 cm³/mol. The number of rotatable bonds is 5. The molecule has 0 aliphatic carbocycles. The van der Waals surface area contributed by atoms with Crippen LogP contribution >= 0.6 is 0 Å². The van der Waals surface area contributed by atoms with Gasteiger partial charge in [-0.2, -0.15) is 0 Å². The molecule has 1 unspecified atom stereocenters. The van der Waals surface area contributed by atoms with Crippen molar-refractivity contribution in [3.8, 4) is 17.2 Å². The standard InChI is InChI=1S/C22H24N2O5/c1-26-18-9-17(10-19-20(18)29-15-28-19)12-23-7-8-24-21(25)27-14-22(24,13-23)11-16-5-3-2-4-6-16/h2-6,9-10H,7-8,11-15H2,1H3. The minimum atomic E-state index is -0.336. The Labute approximate surface area is 169 Å². The van der Waals surface area contributed by atoms with Crippen molar-refractivity contribution in [2.24, 2.45) is 0 Å². The van der Waals surface area contributed by atoms with Crippen molar-refractivity contribution in [3.05, 3.63) is 53.6 Å². The lowest BCUT2D eigenvalue weighted by molar-refractivity contribution is 0.0476. The average Bonchev–Trinajstić information content (AvgIpc) is 3.33. The molecule has 2 aromatic rings. The van der Waals surface area contributed by atoms with Crippen LogP contribution in [0.5, 0.6) is 17.2 Å². The molecule has 3 aliphatic heterocycles. The maximum absolute atomic E-state index is 12.3. The highest BCUT2D eigenvalue weighted by atomic mass is 16.7. The van der Waals surface area contributed by atoms with E-state index in [9.17, 15) is 4.79 Å². The number of hydrogen-bond donors (Lipinski definition) is 0. The molecule has 7 heteroatoms. The summed E-state index contributed by atoms with van der Waals surface area (Å²) in [4.78, 5) is 16.6. The molecule has 1 atom stereocenters. The second-order valence-electron chi connectivity index (χ2n) is 7.84. The SMILES string of the molecule is COc1cc(CN2CCN3C(=O)OCC3(Cc3ccccc3)C2)cc2c1OCO2. The highest BCUT2D eigenvalue weighted by Crippen LogP contribution is 2.42. The lowest BCUT2D eigenvalue weighted by Gasteiger charge is -2.45. The summed E-state index contributed by atoms with van der Waals surface area (Å²) in [6.45, 7) is 3.58. The molecular formula is C22H24N2O5. The van der Waals surface area contributed by atoms with Crippen molar-refractivity contribution in [1.29, 1.82) is 0 Å². The molecule has 152 valence electrons. The van der Waals surface area contributed by atoms with E-state index in [1.165, 1.54) is 5.56 Å². The van der Waals surface area contributed by atoms with Crippen LogP contribution in [-0.4, -0.2) is 61.6 Å². The second kappa shape index (κ2) is 7.15. The Bertz CT molecular complexity index is 919. The molecular weight excluding hydrogens is 372 g/mol. The van der Waals surface area contributed by atoms with E-state index in [0.29, 0.717) is 24.7 Å². The third-order valence-corrected chi connectivity index (χ3v) is 5.92. The number of methoxy groups -OCH3 is 1. The molecule has 1 amide bonds. The number of amides is 1. The molecule has 3 heterocycles. The van der Waals surface area contributed by atoms with Gasteiger partial charge in [0.25, 0.3) is 0 Å². The molecule has 0 bridgehead atoms. The Kier molecular flexibility index (Phi) is 4.47. The first-order valence-corrected chi connectivity index (χ1v) is 9.84. The van der Waals surface area contributed by atoms with Gasteiger partial charge in [-0.05, 0) is 23.3 Å². The fourth-order valence-electron chi connectivity index (χ4n) is 4.59. The molecule has 0 radical (unpaired) electrons. The van der Waals surface area contributed by atoms with Crippen LogP contribution in [0.25, 0.3) is 0 Å². The summed E-state index contributed by atoms with van der Waals surface area (Å²) in [5, 5.41) is 0. The number of hydrogen-bond acceptors (Lipinski definition) is 6. The van der Waals surface area contributed by atoms with Gasteiger partial charge in [-0.3, -0.25) is 9.80 Å². The first kappa shape index (κ1) is 18.1. The number of carbonyl (C=O) groups excluding carboxylic acids is 1. The molecule has 29 heavy (non-hydrogen) atoms. The van der Waals surface area contributed by atoms with Gasteiger partial charge in [0.1, 0.15) is 6.61 Å². The molecule has 5 rings (SSSR count). The highest BCUT2D eigenvalue weighted by Gasteiger charge is 2.50. The Balaban J connectivity index is 1.38. The number of cyclic esters (lactones) is 1. The second-order valence-corrected chi connectivity index (χ2v) is 7.84. The third-order valence-electron chi connectivity index (χ3n) is 5.92. The monoisotopic (exact) mass is 396 g/mol. The van der Waals surface area contributed by atoms with E-state index in [0.717, 1.165) is 37.4 Å². The number of nitrogens with zero attached hydrogens (tertiary/aromatic N) is 2. The zero-order valence-corrected chi connectivity index (χ0v) is 16.4. The fourth-order valence-corrected chi connectivity index (χ4v) is 4.59. The first-order chi connectivity index (χ1) is 14.2. The van der Waals surface area contributed by atoms with Gasteiger partial charge in [-0.1, -0.05) is 30.3 Å². The van der Waals surface area contributed by atoms with Gasteiger partial charge >= 0.3 is 6.09 Å². The van der Waals surface area contributed by atoms with Gasteiger partial charge in [0.05, 0.1) is 12.6 Å². The average molecular weight is 396 g/mol. The van der Waals surface area contributed by atoms with Gasteiger partial charge in [0.15, 0.2) is 11.5 Å². The number of benzene rings is 2. The lowest BCUT2D eigenvalue weighted by Crippen LogP contribution is -2.62. The number of carbonyl (C=O) groups is 1. The van der Waals surface area contributed by atoms with E-state index in [1.807, 2.05) is 35.2 Å². The predicted octanol–water partition coefficient (Wildman–Crippen LogP) is 2.67. The van der Waals surface area contributed by atoms with E-state index in [4.69, 9.17) is 18.9 Å². The van der Waals surface area contributed by atoms with E-state index in [1.54, 1.807) is 7.11 Å². The highest BCUT2D eigenvalue weighted by molar-refractivity contribution is 5.71.